The van der Waals surface area contributed by atoms with Crippen molar-refractivity contribution >= 4 is 28.8 Å². The van der Waals surface area contributed by atoms with E-state index in [1.807, 2.05) is 61.5 Å². The first-order valence-electron chi connectivity index (χ1n) is 10.3. The quantitative estimate of drug-likeness (QED) is 0.307. The van der Waals surface area contributed by atoms with Gasteiger partial charge in [0.05, 0.1) is 0 Å². The second-order valence-corrected chi connectivity index (χ2v) is 8.07. The van der Waals surface area contributed by atoms with E-state index in [2.05, 4.69) is 17.4 Å². The molecular formula is C26H23ClN2O2. The Morgan fingerprint density at radius 1 is 0.968 bits per heavy atom. The predicted molar refractivity (Wildman–Crippen MR) is 125 cm³/mol. The van der Waals surface area contributed by atoms with Crippen LogP contribution in [-0.2, 0) is 11.2 Å². The Balaban J connectivity index is 1.57. The number of hydrogen-bond acceptors (Lipinski definition) is 2. The first-order valence-corrected chi connectivity index (χ1v) is 10.7. The molecule has 2 aromatic carbocycles. The van der Waals surface area contributed by atoms with Crippen LogP contribution in [0.1, 0.15) is 29.4 Å². The van der Waals surface area contributed by atoms with E-state index in [4.69, 9.17) is 11.6 Å². The number of nitrogens with zero attached hydrogens (tertiary/aromatic N) is 1. The normalized spacial score (nSPS) is 11.9. The number of nitrogens with one attached hydrogen (secondary N) is 1. The van der Waals surface area contributed by atoms with Crippen LogP contribution in [0.3, 0.4) is 0 Å². The van der Waals surface area contributed by atoms with Gasteiger partial charge in [-0.1, -0.05) is 60.1 Å². The topological polar surface area (TPSA) is 50.6 Å². The highest BCUT2D eigenvalue weighted by atomic mass is 35.5. The predicted octanol–water partition coefficient (Wildman–Crippen LogP) is 5.58. The summed E-state index contributed by atoms with van der Waals surface area (Å²) in [6.07, 6.45) is 3.39. The molecule has 1 atom stereocenters. The summed E-state index contributed by atoms with van der Waals surface area (Å²) >= 11 is 6.03. The van der Waals surface area contributed by atoms with Crippen LogP contribution in [0.4, 0.5) is 0 Å². The zero-order valence-corrected chi connectivity index (χ0v) is 18.0. The molecule has 4 rings (SSSR count). The maximum Gasteiger partial charge on any atom is 0.294 e. The van der Waals surface area contributed by atoms with Crippen LogP contribution in [0, 0.1) is 0 Å². The standard InChI is InChI=1S/C26H23ClN2O2/c1-18(10-11-19-7-3-2-4-8-19)28-26(31)25(30)24-23(20-12-14-21(27)15-13-20)17-22-9-5-6-16-29(22)24/h2-9,12-18H,10-11H2,1H3,(H,28,31)/t18-/m0/s1. The number of halogens is 1. The number of benzene rings is 2. The summed E-state index contributed by atoms with van der Waals surface area (Å²) in [5.41, 5.74) is 3.95. The van der Waals surface area contributed by atoms with E-state index in [0.29, 0.717) is 16.3 Å². The fourth-order valence-corrected chi connectivity index (χ4v) is 3.83. The molecule has 0 aliphatic rings. The number of rotatable bonds is 7. The molecule has 1 N–H and O–H groups in total. The molecule has 0 saturated heterocycles. The van der Waals surface area contributed by atoms with Crippen LogP contribution < -0.4 is 5.32 Å². The van der Waals surface area contributed by atoms with E-state index in [1.54, 1.807) is 22.7 Å². The number of carbonyl (C=O) groups excluding carboxylic acids is 2. The molecule has 0 spiro atoms. The van der Waals surface area contributed by atoms with E-state index in [-0.39, 0.29) is 6.04 Å². The van der Waals surface area contributed by atoms with Crippen molar-refractivity contribution in [1.29, 1.82) is 0 Å². The lowest BCUT2D eigenvalue weighted by Crippen LogP contribution is -2.38. The molecule has 0 aliphatic carbocycles. The highest BCUT2D eigenvalue weighted by molar-refractivity contribution is 6.43. The van der Waals surface area contributed by atoms with Crippen molar-refractivity contribution in [2.24, 2.45) is 0 Å². The summed E-state index contributed by atoms with van der Waals surface area (Å²) < 4.78 is 1.76. The number of pyridine rings is 1. The van der Waals surface area contributed by atoms with Crippen molar-refractivity contribution in [3.8, 4) is 11.1 Å². The molecule has 0 bridgehead atoms. The largest absolute Gasteiger partial charge is 0.347 e. The van der Waals surface area contributed by atoms with Gasteiger partial charge in [0.2, 0.25) is 0 Å². The Kier molecular flexibility index (Phi) is 6.19. The minimum atomic E-state index is -0.598. The molecule has 0 fully saturated rings. The molecule has 0 aliphatic heterocycles. The lowest BCUT2D eigenvalue weighted by molar-refractivity contribution is -0.117. The number of aromatic nitrogens is 1. The Bertz CT molecular complexity index is 1210. The summed E-state index contributed by atoms with van der Waals surface area (Å²) in [5.74, 6) is -1.15. The zero-order chi connectivity index (χ0) is 21.8. The maximum atomic E-state index is 13.2. The molecule has 4 aromatic rings. The van der Waals surface area contributed by atoms with Gasteiger partial charge in [0, 0.05) is 28.3 Å². The summed E-state index contributed by atoms with van der Waals surface area (Å²) in [6.45, 7) is 1.92. The molecular weight excluding hydrogens is 408 g/mol. The number of hydrogen-bond donors (Lipinski definition) is 1. The summed E-state index contributed by atoms with van der Waals surface area (Å²) in [5, 5.41) is 3.48. The van der Waals surface area contributed by atoms with Gasteiger partial charge in [-0.15, -0.1) is 0 Å². The molecule has 0 unspecified atom stereocenters. The highest BCUT2D eigenvalue weighted by Gasteiger charge is 2.25. The van der Waals surface area contributed by atoms with E-state index < -0.39 is 11.7 Å². The SMILES string of the molecule is C[C@@H](CCc1ccccc1)NC(=O)C(=O)c1c(-c2ccc(Cl)cc2)cc2ccccn12. The third-order valence-corrected chi connectivity index (χ3v) is 5.59. The lowest BCUT2D eigenvalue weighted by Gasteiger charge is -2.14. The first-order chi connectivity index (χ1) is 15.0. The molecule has 156 valence electrons. The molecule has 0 saturated carbocycles. The summed E-state index contributed by atoms with van der Waals surface area (Å²) in [6, 6.07) is 24.8. The first kappa shape index (κ1) is 20.9. The summed E-state index contributed by atoms with van der Waals surface area (Å²) in [7, 11) is 0. The van der Waals surface area contributed by atoms with Crippen molar-refractivity contribution in [2.75, 3.05) is 0 Å². The Hall–Kier alpha value is -3.37. The smallest absolute Gasteiger partial charge is 0.294 e. The average Bonchev–Trinajstić information content (AvgIpc) is 3.18. The zero-order valence-electron chi connectivity index (χ0n) is 17.2. The van der Waals surface area contributed by atoms with Crippen molar-refractivity contribution in [2.45, 2.75) is 25.8 Å². The van der Waals surface area contributed by atoms with Crippen LogP contribution in [0.15, 0.2) is 85.1 Å². The lowest BCUT2D eigenvalue weighted by atomic mass is 10.0. The van der Waals surface area contributed by atoms with Crippen molar-refractivity contribution in [3.63, 3.8) is 0 Å². The third-order valence-electron chi connectivity index (χ3n) is 5.34. The van der Waals surface area contributed by atoms with Gasteiger partial charge in [-0.3, -0.25) is 9.59 Å². The van der Waals surface area contributed by atoms with Crippen LogP contribution in [0.25, 0.3) is 16.6 Å². The number of fused-ring (bicyclic) bond motifs is 1. The third kappa shape index (κ3) is 4.70. The van der Waals surface area contributed by atoms with Gasteiger partial charge in [0.25, 0.3) is 11.7 Å². The van der Waals surface area contributed by atoms with Crippen LogP contribution in [0.5, 0.6) is 0 Å². The van der Waals surface area contributed by atoms with Crippen LogP contribution in [0.2, 0.25) is 5.02 Å². The van der Waals surface area contributed by atoms with Gasteiger partial charge >= 0.3 is 0 Å². The van der Waals surface area contributed by atoms with Gasteiger partial charge in [0.1, 0.15) is 5.69 Å². The molecule has 31 heavy (non-hydrogen) atoms. The average molecular weight is 431 g/mol. The molecule has 5 heteroatoms. The molecule has 2 aromatic heterocycles. The van der Waals surface area contributed by atoms with E-state index in [1.165, 1.54) is 5.56 Å². The van der Waals surface area contributed by atoms with Crippen LogP contribution >= 0.6 is 11.6 Å². The van der Waals surface area contributed by atoms with Crippen molar-refractivity contribution in [1.82, 2.24) is 9.72 Å². The van der Waals surface area contributed by atoms with Gasteiger partial charge < -0.3 is 9.72 Å². The second kappa shape index (κ2) is 9.19. The fraction of sp³-hybridized carbons (Fsp3) is 0.154. The Morgan fingerprint density at radius 2 is 1.68 bits per heavy atom. The minimum Gasteiger partial charge on any atom is -0.347 e. The van der Waals surface area contributed by atoms with Gasteiger partial charge in [-0.25, -0.2) is 0 Å². The van der Waals surface area contributed by atoms with Crippen molar-refractivity contribution in [3.05, 3.63) is 101 Å². The van der Waals surface area contributed by atoms with E-state index in [0.717, 1.165) is 23.9 Å². The monoisotopic (exact) mass is 430 g/mol. The fourth-order valence-electron chi connectivity index (χ4n) is 3.70. The van der Waals surface area contributed by atoms with Gasteiger partial charge in [-0.05, 0) is 61.2 Å². The number of aryl methyl sites for hydroxylation is 1. The molecule has 0 radical (unpaired) electrons. The van der Waals surface area contributed by atoms with Gasteiger partial charge in [-0.2, -0.15) is 0 Å². The molecule has 4 nitrogen and oxygen atoms in total. The number of Topliss-reactive ketones (excluding diaryl/α,β-unsaturated/α-hetero) is 1. The number of ketones is 1. The van der Waals surface area contributed by atoms with Crippen molar-refractivity contribution < 1.29 is 9.59 Å². The Labute approximate surface area is 186 Å². The maximum absolute atomic E-state index is 13.2. The Morgan fingerprint density at radius 3 is 2.42 bits per heavy atom. The summed E-state index contributed by atoms with van der Waals surface area (Å²) in [4.78, 5) is 26.1. The molecule has 1 amide bonds. The van der Waals surface area contributed by atoms with Gasteiger partial charge in [0.15, 0.2) is 0 Å². The molecule has 2 heterocycles. The van der Waals surface area contributed by atoms with E-state index in [9.17, 15) is 9.59 Å². The van der Waals surface area contributed by atoms with Crippen LogP contribution in [-0.4, -0.2) is 22.1 Å². The minimum absolute atomic E-state index is 0.123. The number of carbonyl (C=O) groups is 2. The van der Waals surface area contributed by atoms with E-state index >= 15 is 0 Å². The highest BCUT2D eigenvalue weighted by Crippen LogP contribution is 2.29. The second-order valence-electron chi connectivity index (χ2n) is 7.64. The number of amides is 1.